The lowest BCUT2D eigenvalue weighted by molar-refractivity contribution is -0.142. The minimum atomic E-state index is -0.871. The molecular weight excluding hydrogens is 330 g/mol. The number of hydrogen-bond acceptors (Lipinski definition) is 3. The van der Waals surface area contributed by atoms with Crippen LogP contribution in [0, 0.1) is 11.6 Å². The van der Waals surface area contributed by atoms with Crippen molar-refractivity contribution in [3.8, 4) is 11.1 Å². The maximum atomic E-state index is 13.6. The highest BCUT2D eigenvalue weighted by Crippen LogP contribution is 2.29. The van der Waals surface area contributed by atoms with Gasteiger partial charge in [0.15, 0.2) is 0 Å². The number of rotatable bonds is 2. The summed E-state index contributed by atoms with van der Waals surface area (Å²) in [5.74, 6) is -2.59. The summed E-state index contributed by atoms with van der Waals surface area (Å²) in [6.07, 6.45) is -0.200. The number of halogens is 2. The van der Waals surface area contributed by atoms with Crippen LogP contribution in [0.25, 0.3) is 11.1 Å². The van der Waals surface area contributed by atoms with Gasteiger partial charge in [-0.2, -0.15) is 0 Å². The molecule has 130 valence electrons. The fraction of sp³-hybridized carbons (Fsp3) is 0.222. The first kappa shape index (κ1) is 17.0. The molecule has 7 heteroatoms. The van der Waals surface area contributed by atoms with E-state index in [1.54, 1.807) is 0 Å². The van der Waals surface area contributed by atoms with E-state index in [9.17, 15) is 23.5 Å². The number of anilines is 1. The van der Waals surface area contributed by atoms with E-state index in [1.165, 1.54) is 41.3 Å². The fourth-order valence-corrected chi connectivity index (χ4v) is 2.74. The second-order valence-electron chi connectivity index (χ2n) is 5.84. The molecule has 3 rings (SSSR count). The van der Waals surface area contributed by atoms with Crippen molar-refractivity contribution in [3.63, 3.8) is 0 Å². The predicted molar refractivity (Wildman–Crippen MR) is 87.6 cm³/mol. The quantitative estimate of drug-likeness (QED) is 0.819. The molecule has 1 atom stereocenters. The van der Waals surface area contributed by atoms with E-state index in [-0.39, 0.29) is 12.2 Å². The summed E-state index contributed by atoms with van der Waals surface area (Å²) < 4.78 is 26.7. The van der Waals surface area contributed by atoms with Gasteiger partial charge in [0, 0.05) is 24.3 Å². The number of carbonyl (C=O) groups is 2. The first-order valence-corrected chi connectivity index (χ1v) is 7.78. The van der Waals surface area contributed by atoms with Gasteiger partial charge in [0.1, 0.15) is 11.6 Å². The Balaban J connectivity index is 1.83. The molecule has 25 heavy (non-hydrogen) atoms. The van der Waals surface area contributed by atoms with Crippen molar-refractivity contribution >= 4 is 17.5 Å². The third-order valence-electron chi connectivity index (χ3n) is 4.03. The number of β-amino-alcohol motifs (C(OH)–C–C–N with tert-alkyl or cyclic N) is 1. The summed E-state index contributed by atoms with van der Waals surface area (Å²) in [6, 6.07) is 9.07. The fourth-order valence-electron chi connectivity index (χ4n) is 2.74. The Morgan fingerprint density at radius 1 is 1.08 bits per heavy atom. The van der Waals surface area contributed by atoms with Gasteiger partial charge < -0.3 is 15.3 Å². The van der Waals surface area contributed by atoms with Crippen LogP contribution in [-0.4, -0.2) is 41.0 Å². The molecule has 0 aromatic heterocycles. The topological polar surface area (TPSA) is 69.6 Å². The lowest BCUT2D eigenvalue weighted by Crippen LogP contribution is -2.38. The summed E-state index contributed by atoms with van der Waals surface area (Å²) in [5.41, 5.74) is 1.08. The Morgan fingerprint density at radius 3 is 2.40 bits per heavy atom. The zero-order chi connectivity index (χ0) is 18.0. The Morgan fingerprint density at radius 2 is 1.76 bits per heavy atom. The predicted octanol–water partition coefficient (Wildman–Crippen LogP) is 2.16. The molecule has 5 nitrogen and oxygen atoms in total. The number of carbonyl (C=O) groups excluding carboxylic acids is 2. The highest BCUT2D eigenvalue weighted by atomic mass is 19.1. The average molecular weight is 346 g/mol. The van der Waals surface area contributed by atoms with E-state index in [0.29, 0.717) is 24.1 Å². The summed E-state index contributed by atoms with van der Waals surface area (Å²) >= 11 is 0. The van der Waals surface area contributed by atoms with Crippen LogP contribution in [0.15, 0.2) is 42.5 Å². The molecule has 1 aliphatic rings. The van der Waals surface area contributed by atoms with Gasteiger partial charge in [0.25, 0.3) is 0 Å². The molecule has 2 aromatic carbocycles. The lowest BCUT2D eigenvalue weighted by atomic mass is 10.0. The van der Waals surface area contributed by atoms with Crippen LogP contribution in [0.3, 0.4) is 0 Å². The maximum absolute atomic E-state index is 13.6. The molecule has 2 N–H and O–H groups in total. The molecule has 1 heterocycles. The molecule has 0 radical (unpaired) electrons. The van der Waals surface area contributed by atoms with Gasteiger partial charge in [0.2, 0.25) is 0 Å². The number of nitrogens with one attached hydrogen (secondary N) is 1. The van der Waals surface area contributed by atoms with Gasteiger partial charge in [-0.05, 0) is 42.3 Å². The van der Waals surface area contributed by atoms with Crippen LogP contribution in [0.5, 0.6) is 0 Å². The van der Waals surface area contributed by atoms with Crippen LogP contribution < -0.4 is 5.32 Å². The smallest absolute Gasteiger partial charge is 0.313 e. The Labute approximate surface area is 142 Å². The number of benzene rings is 2. The Bertz CT molecular complexity index is 808. The van der Waals surface area contributed by atoms with Crippen molar-refractivity contribution in [1.29, 1.82) is 0 Å². The molecule has 0 spiro atoms. The normalized spacial score (nSPS) is 16.8. The van der Waals surface area contributed by atoms with Crippen LogP contribution in [0.2, 0.25) is 0 Å². The minimum Gasteiger partial charge on any atom is -0.391 e. The van der Waals surface area contributed by atoms with Crippen LogP contribution in [0.4, 0.5) is 14.5 Å². The van der Waals surface area contributed by atoms with Gasteiger partial charge in [0.05, 0.1) is 6.10 Å². The van der Waals surface area contributed by atoms with Crippen molar-refractivity contribution in [2.24, 2.45) is 0 Å². The van der Waals surface area contributed by atoms with E-state index < -0.39 is 29.6 Å². The summed E-state index contributed by atoms with van der Waals surface area (Å²) in [7, 11) is 0. The third-order valence-corrected chi connectivity index (χ3v) is 4.03. The van der Waals surface area contributed by atoms with E-state index in [0.717, 1.165) is 6.07 Å². The number of hydrogen-bond donors (Lipinski definition) is 2. The molecule has 1 aliphatic heterocycles. The summed E-state index contributed by atoms with van der Waals surface area (Å²) in [4.78, 5) is 25.6. The highest BCUT2D eigenvalue weighted by Gasteiger charge is 2.29. The van der Waals surface area contributed by atoms with Crippen LogP contribution >= 0.6 is 0 Å². The lowest BCUT2D eigenvalue weighted by Gasteiger charge is -2.16. The van der Waals surface area contributed by atoms with E-state index >= 15 is 0 Å². The highest BCUT2D eigenvalue weighted by molar-refractivity contribution is 6.39. The summed E-state index contributed by atoms with van der Waals surface area (Å²) in [5, 5.41) is 11.9. The SMILES string of the molecule is O=C(Nc1ccc(F)cc1-c1ccc(F)cc1)C(=O)N1CC[C@@H](O)C1. The van der Waals surface area contributed by atoms with Gasteiger partial charge >= 0.3 is 11.8 Å². The molecule has 0 aliphatic carbocycles. The van der Waals surface area contributed by atoms with Crippen LogP contribution in [-0.2, 0) is 9.59 Å². The zero-order valence-electron chi connectivity index (χ0n) is 13.2. The molecule has 0 saturated carbocycles. The molecule has 2 aromatic rings. The Kier molecular flexibility index (Phi) is 4.76. The monoisotopic (exact) mass is 346 g/mol. The third kappa shape index (κ3) is 3.83. The number of aliphatic hydroxyl groups excluding tert-OH is 1. The number of aliphatic hydroxyl groups is 1. The van der Waals surface area contributed by atoms with Gasteiger partial charge in [-0.15, -0.1) is 0 Å². The molecule has 1 fully saturated rings. The van der Waals surface area contributed by atoms with Crippen molar-refractivity contribution in [2.45, 2.75) is 12.5 Å². The zero-order valence-corrected chi connectivity index (χ0v) is 13.2. The van der Waals surface area contributed by atoms with Crippen molar-refractivity contribution in [2.75, 3.05) is 18.4 Å². The van der Waals surface area contributed by atoms with Gasteiger partial charge in [-0.3, -0.25) is 9.59 Å². The average Bonchev–Trinajstić information content (AvgIpc) is 3.03. The van der Waals surface area contributed by atoms with E-state index in [1.807, 2.05) is 0 Å². The van der Waals surface area contributed by atoms with Crippen molar-refractivity contribution in [1.82, 2.24) is 4.90 Å². The van der Waals surface area contributed by atoms with Gasteiger partial charge in [-0.1, -0.05) is 12.1 Å². The second-order valence-corrected chi connectivity index (χ2v) is 5.84. The minimum absolute atomic E-state index is 0.112. The summed E-state index contributed by atoms with van der Waals surface area (Å²) in [6.45, 7) is 0.419. The van der Waals surface area contributed by atoms with E-state index in [2.05, 4.69) is 5.32 Å². The molecular formula is C18H16F2N2O3. The van der Waals surface area contributed by atoms with E-state index in [4.69, 9.17) is 0 Å². The van der Waals surface area contributed by atoms with Crippen molar-refractivity contribution in [3.05, 3.63) is 54.1 Å². The number of nitrogens with zero attached hydrogens (tertiary/aromatic N) is 1. The Hall–Kier alpha value is -2.80. The van der Waals surface area contributed by atoms with Crippen molar-refractivity contribution < 1.29 is 23.5 Å². The number of amides is 2. The number of likely N-dealkylation sites (tertiary alicyclic amines) is 1. The molecule has 0 bridgehead atoms. The van der Waals surface area contributed by atoms with Gasteiger partial charge in [-0.25, -0.2) is 8.78 Å². The first-order valence-electron chi connectivity index (χ1n) is 7.78. The molecule has 1 saturated heterocycles. The molecule has 0 unspecified atom stereocenters. The molecule has 2 amide bonds. The second kappa shape index (κ2) is 6.98. The first-order chi connectivity index (χ1) is 11.9. The van der Waals surface area contributed by atoms with Crippen LogP contribution in [0.1, 0.15) is 6.42 Å². The largest absolute Gasteiger partial charge is 0.391 e. The maximum Gasteiger partial charge on any atom is 0.313 e. The standard InChI is InChI=1S/C18H16F2N2O3/c19-12-3-1-11(2-4-12)15-9-13(20)5-6-16(15)21-17(24)18(25)22-8-7-14(23)10-22/h1-6,9,14,23H,7-8,10H2,(H,21,24)/t14-/m1/s1.